The molecule has 1 N–H and O–H groups in total. The van der Waals surface area contributed by atoms with Crippen molar-refractivity contribution in [3.8, 4) is 5.69 Å². The number of nitrogens with zero attached hydrogens (tertiary/aromatic N) is 4. The van der Waals surface area contributed by atoms with E-state index in [1.807, 2.05) is 18.9 Å². The summed E-state index contributed by atoms with van der Waals surface area (Å²) in [5, 5.41) is 8.52. The molecule has 25 heavy (non-hydrogen) atoms. The van der Waals surface area contributed by atoms with Gasteiger partial charge in [-0.1, -0.05) is 36.2 Å². The molecule has 3 rings (SSSR count). The van der Waals surface area contributed by atoms with Crippen molar-refractivity contribution in [1.82, 2.24) is 25.0 Å². The Labute approximate surface area is 157 Å². The fourth-order valence-electron chi connectivity index (χ4n) is 3.21. The molecule has 2 aromatic rings. The highest BCUT2D eigenvalue weighted by Gasteiger charge is 2.31. The predicted octanol–water partition coefficient (Wildman–Crippen LogP) is 2.96. The smallest absolute Gasteiger partial charge is 0.293 e. The zero-order valence-electron chi connectivity index (χ0n) is 14.3. The molecule has 0 aliphatic carbocycles. The lowest BCUT2D eigenvalue weighted by molar-refractivity contribution is 0.0724. The highest BCUT2D eigenvalue weighted by Crippen LogP contribution is 2.29. The van der Waals surface area contributed by atoms with E-state index in [2.05, 4.69) is 15.4 Å². The van der Waals surface area contributed by atoms with Crippen LogP contribution in [0.25, 0.3) is 5.69 Å². The number of hydrogen-bond donors (Lipinski definition) is 1. The number of aromatic nitrogens is 3. The lowest BCUT2D eigenvalue weighted by Crippen LogP contribution is -2.41. The van der Waals surface area contributed by atoms with Crippen molar-refractivity contribution < 1.29 is 4.79 Å². The van der Waals surface area contributed by atoms with E-state index in [1.165, 1.54) is 0 Å². The van der Waals surface area contributed by atoms with E-state index < -0.39 is 0 Å². The average Bonchev–Trinajstić information content (AvgIpc) is 3.21. The topological polar surface area (TPSA) is 63.1 Å². The van der Waals surface area contributed by atoms with Gasteiger partial charge in [-0.2, -0.15) is 0 Å². The van der Waals surface area contributed by atoms with E-state index in [-0.39, 0.29) is 17.8 Å². The molecular formula is C17H21Cl2N5O. The minimum absolute atomic E-state index is 0.144. The van der Waals surface area contributed by atoms with Crippen LogP contribution < -0.4 is 5.32 Å². The second-order valence-corrected chi connectivity index (χ2v) is 6.85. The lowest BCUT2D eigenvalue weighted by Gasteiger charge is -2.23. The van der Waals surface area contributed by atoms with Gasteiger partial charge in [0, 0.05) is 25.6 Å². The molecule has 1 aliphatic rings. The van der Waals surface area contributed by atoms with Crippen LogP contribution in [0.1, 0.15) is 36.2 Å². The number of para-hydroxylation sites is 1. The van der Waals surface area contributed by atoms with Crippen molar-refractivity contribution in [2.45, 2.75) is 32.2 Å². The van der Waals surface area contributed by atoms with E-state index >= 15 is 0 Å². The first-order valence-electron chi connectivity index (χ1n) is 8.42. The Morgan fingerprint density at radius 3 is 2.72 bits per heavy atom. The molecule has 1 atom stereocenters. The minimum Gasteiger partial charge on any atom is -0.332 e. The molecule has 1 fully saturated rings. The first-order valence-corrected chi connectivity index (χ1v) is 9.18. The van der Waals surface area contributed by atoms with Crippen molar-refractivity contribution >= 4 is 29.1 Å². The number of halogens is 2. The third kappa shape index (κ3) is 3.52. The summed E-state index contributed by atoms with van der Waals surface area (Å²) in [4.78, 5) is 19.2. The number of likely N-dealkylation sites (N-methyl/N-ethyl adjacent to an activating group) is 1. The third-order valence-corrected chi connectivity index (χ3v) is 5.02. The van der Waals surface area contributed by atoms with Gasteiger partial charge in [0.2, 0.25) is 5.82 Å². The number of carbonyl (C=O) groups excluding carboxylic acids is 1. The molecule has 1 amide bonds. The molecule has 8 heteroatoms. The monoisotopic (exact) mass is 381 g/mol. The van der Waals surface area contributed by atoms with Crippen LogP contribution in [0.15, 0.2) is 18.2 Å². The summed E-state index contributed by atoms with van der Waals surface area (Å²) in [5.74, 6) is 0.702. The maximum Gasteiger partial charge on any atom is 0.293 e. The second kappa shape index (κ2) is 7.72. The van der Waals surface area contributed by atoms with Crippen molar-refractivity contribution in [3.63, 3.8) is 0 Å². The quantitative estimate of drug-likeness (QED) is 0.864. The molecule has 1 aromatic heterocycles. The summed E-state index contributed by atoms with van der Waals surface area (Å²) in [5.41, 5.74) is 0.558. The maximum atomic E-state index is 12.9. The van der Waals surface area contributed by atoms with Crippen LogP contribution in [0.2, 0.25) is 10.0 Å². The van der Waals surface area contributed by atoms with E-state index in [9.17, 15) is 4.79 Å². The van der Waals surface area contributed by atoms with Crippen LogP contribution in [0.3, 0.4) is 0 Å². The molecule has 0 bridgehead atoms. The second-order valence-electron chi connectivity index (χ2n) is 6.04. The van der Waals surface area contributed by atoms with Gasteiger partial charge in [-0.25, -0.2) is 9.67 Å². The van der Waals surface area contributed by atoms with Crippen LogP contribution in [0.5, 0.6) is 0 Å². The highest BCUT2D eigenvalue weighted by molar-refractivity contribution is 6.37. The van der Waals surface area contributed by atoms with E-state index in [0.717, 1.165) is 25.9 Å². The van der Waals surface area contributed by atoms with Crippen LogP contribution in [-0.2, 0) is 6.42 Å². The van der Waals surface area contributed by atoms with Gasteiger partial charge in [-0.15, -0.1) is 5.10 Å². The number of benzene rings is 1. The number of rotatable bonds is 5. The first-order chi connectivity index (χ1) is 12.1. The number of hydrogen-bond acceptors (Lipinski definition) is 4. The van der Waals surface area contributed by atoms with E-state index in [1.54, 1.807) is 22.9 Å². The van der Waals surface area contributed by atoms with Gasteiger partial charge >= 0.3 is 0 Å². The Balaban J connectivity index is 1.97. The third-order valence-electron chi connectivity index (χ3n) is 4.41. The molecule has 0 saturated carbocycles. The number of aryl methyl sites for hydroxylation is 1. The van der Waals surface area contributed by atoms with Gasteiger partial charge in [-0.3, -0.25) is 4.79 Å². The molecule has 6 nitrogen and oxygen atoms in total. The molecule has 1 aromatic carbocycles. The summed E-state index contributed by atoms with van der Waals surface area (Å²) in [6, 6.07) is 5.44. The summed E-state index contributed by atoms with van der Waals surface area (Å²) in [7, 11) is 1.89. The van der Waals surface area contributed by atoms with Crippen LogP contribution in [0, 0.1) is 0 Å². The standard InChI is InChI=1S/C17H21Cl2N5O/c1-3-14-21-16(17(25)23-9-5-6-11(23)10-20-2)22-24(14)15-12(18)7-4-8-13(15)19/h4,7-8,11,20H,3,5-6,9-10H2,1-2H3. The number of likely N-dealkylation sites (tertiary alicyclic amines) is 1. The fourth-order valence-corrected chi connectivity index (χ4v) is 3.77. The van der Waals surface area contributed by atoms with Crippen LogP contribution in [-0.4, -0.2) is 51.8 Å². The first kappa shape index (κ1) is 18.2. The zero-order valence-corrected chi connectivity index (χ0v) is 15.8. The van der Waals surface area contributed by atoms with Gasteiger partial charge < -0.3 is 10.2 Å². The highest BCUT2D eigenvalue weighted by atomic mass is 35.5. The summed E-state index contributed by atoms with van der Waals surface area (Å²) in [6.07, 6.45) is 2.60. The molecule has 1 unspecified atom stereocenters. The molecule has 2 heterocycles. The van der Waals surface area contributed by atoms with Gasteiger partial charge in [0.15, 0.2) is 0 Å². The Kier molecular flexibility index (Phi) is 5.61. The minimum atomic E-state index is -0.144. The van der Waals surface area contributed by atoms with Gasteiger partial charge in [0.05, 0.1) is 10.0 Å². The van der Waals surface area contributed by atoms with Crippen molar-refractivity contribution in [2.24, 2.45) is 0 Å². The van der Waals surface area contributed by atoms with Crippen molar-refractivity contribution in [2.75, 3.05) is 20.1 Å². The normalized spacial score (nSPS) is 17.3. The van der Waals surface area contributed by atoms with Gasteiger partial charge in [-0.05, 0) is 32.0 Å². The van der Waals surface area contributed by atoms with Gasteiger partial charge in [0.25, 0.3) is 5.91 Å². The Morgan fingerprint density at radius 1 is 1.36 bits per heavy atom. The molecule has 1 aliphatic heterocycles. The largest absolute Gasteiger partial charge is 0.332 e. The Morgan fingerprint density at radius 2 is 2.08 bits per heavy atom. The van der Waals surface area contributed by atoms with E-state index in [0.29, 0.717) is 28.0 Å². The van der Waals surface area contributed by atoms with E-state index in [4.69, 9.17) is 23.2 Å². The SMILES string of the molecule is CCc1nc(C(=O)N2CCCC2CNC)nn1-c1c(Cl)cccc1Cl. The zero-order chi connectivity index (χ0) is 18.0. The molecular weight excluding hydrogens is 361 g/mol. The molecule has 0 spiro atoms. The van der Waals surface area contributed by atoms with Crippen molar-refractivity contribution in [1.29, 1.82) is 0 Å². The van der Waals surface area contributed by atoms with Crippen LogP contribution in [0.4, 0.5) is 0 Å². The Hall–Kier alpha value is -1.63. The summed E-state index contributed by atoms with van der Waals surface area (Å²) >= 11 is 12.6. The van der Waals surface area contributed by atoms with Crippen LogP contribution >= 0.6 is 23.2 Å². The maximum absolute atomic E-state index is 12.9. The number of amides is 1. The van der Waals surface area contributed by atoms with Crippen molar-refractivity contribution in [3.05, 3.63) is 39.9 Å². The predicted molar refractivity (Wildman–Crippen MR) is 98.7 cm³/mol. The molecule has 0 radical (unpaired) electrons. The lowest BCUT2D eigenvalue weighted by atomic mass is 10.2. The number of nitrogens with one attached hydrogen (secondary N) is 1. The molecule has 134 valence electrons. The summed E-state index contributed by atoms with van der Waals surface area (Å²) < 4.78 is 1.58. The fraction of sp³-hybridized carbons (Fsp3) is 0.471. The summed E-state index contributed by atoms with van der Waals surface area (Å²) in [6.45, 7) is 3.45. The Bertz CT molecular complexity index is 756. The van der Waals surface area contributed by atoms with Gasteiger partial charge in [0.1, 0.15) is 11.5 Å². The molecule has 1 saturated heterocycles. The average molecular weight is 382 g/mol. The number of carbonyl (C=O) groups is 1.